The summed E-state index contributed by atoms with van der Waals surface area (Å²) in [6.45, 7) is 0. The maximum absolute atomic E-state index is 13.0. The molecular weight excluding hydrogens is 193 g/mol. The van der Waals surface area contributed by atoms with E-state index in [9.17, 15) is 12.8 Å². The molecule has 0 aliphatic heterocycles. The van der Waals surface area contributed by atoms with Crippen LogP contribution in [0.5, 0.6) is 0 Å². The van der Waals surface area contributed by atoms with E-state index in [-0.39, 0.29) is 4.90 Å². The Labute approximate surface area is 76.5 Å². The lowest BCUT2D eigenvalue weighted by molar-refractivity contribution is 0.571. The molecule has 0 aliphatic carbocycles. The first-order chi connectivity index (χ1) is 5.95. The second-order valence-corrected chi connectivity index (χ2v) is 4.65. The van der Waals surface area contributed by atoms with Gasteiger partial charge in [0, 0.05) is 19.0 Å². The summed E-state index contributed by atoms with van der Waals surface area (Å²) in [4.78, 5) is -0.278. The van der Waals surface area contributed by atoms with Crippen LogP contribution in [0.1, 0.15) is 0 Å². The van der Waals surface area contributed by atoms with Gasteiger partial charge in [-0.3, -0.25) is 0 Å². The molecule has 1 rings (SSSR count). The van der Waals surface area contributed by atoms with Crippen LogP contribution in [-0.2, 0) is 9.84 Å². The van der Waals surface area contributed by atoms with Crippen molar-refractivity contribution in [3.05, 3.63) is 24.0 Å². The van der Waals surface area contributed by atoms with Gasteiger partial charge in [0.25, 0.3) is 0 Å². The van der Waals surface area contributed by atoms with Gasteiger partial charge in [-0.05, 0) is 18.2 Å². The van der Waals surface area contributed by atoms with Gasteiger partial charge in [-0.2, -0.15) is 0 Å². The summed E-state index contributed by atoms with van der Waals surface area (Å²) in [5.74, 6) is -0.721. The molecule has 0 saturated carbocycles. The van der Waals surface area contributed by atoms with Crippen molar-refractivity contribution in [3.63, 3.8) is 0 Å². The molecule has 5 heteroatoms. The van der Waals surface area contributed by atoms with Crippen molar-refractivity contribution in [1.82, 2.24) is 0 Å². The van der Waals surface area contributed by atoms with Crippen LogP contribution >= 0.6 is 0 Å². The molecule has 13 heavy (non-hydrogen) atoms. The number of hydrogen-bond donors (Lipinski definition) is 1. The van der Waals surface area contributed by atoms with Crippen molar-refractivity contribution in [1.29, 1.82) is 0 Å². The van der Waals surface area contributed by atoms with Crippen molar-refractivity contribution in [2.45, 2.75) is 4.90 Å². The van der Waals surface area contributed by atoms with Gasteiger partial charge in [-0.1, -0.05) is 0 Å². The summed E-state index contributed by atoms with van der Waals surface area (Å²) in [7, 11) is -1.84. The maximum atomic E-state index is 13.0. The van der Waals surface area contributed by atoms with Crippen LogP contribution in [0.3, 0.4) is 0 Å². The number of hydrogen-bond acceptors (Lipinski definition) is 3. The monoisotopic (exact) mass is 203 g/mol. The third-order valence-electron chi connectivity index (χ3n) is 1.62. The first kappa shape index (κ1) is 9.98. The Morgan fingerprint density at radius 3 is 2.46 bits per heavy atom. The van der Waals surface area contributed by atoms with Crippen LogP contribution in [0.25, 0.3) is 0 Å². The van der Waals surface area contributed by atoms with Crippen LogP contribution in [-0.4, -0.2) is 21.7 Å². The molecule has 0 heterocycles. The predicted octanol–water partition coefficient (Wildman–Crippen LogP) is 1.27. The van der Waals surface area contributed by atoms with Gasteiger partial charge in [0.1, 0.15) is 10.7 Å². The van der Waals surface area contributed by atoms with E-state index >= 15 is 0 Å². The fraction of sp³-hybridized carbons (Fsp3) is 0.250. The van der Waals surface area contributed by atoms with Crippen LogP contribution in [0.2, 0.25) is 0 Å². The summed E-state index contributed by atoms with van der Waals surface area (Å²) in [5, 5.41) is 2.74. The Hall–Kier alpha value is -1.10. The van der Waals surface area contributed by atoms with Gasteiger partial charge < -0.3 is 5.32 Å². The molecule has 0 amide bonds. The molecule has 72 valence electrons. The number of nitrogens with one attached hydrogen (secondary N) is 1. The number of benzene rings is 1. The molecule has 0 radical (unpaired) electrons. The molecule has 1 N–H and O–H groups in total. The summed E-state index contributed by atoms with van der Waals surface area (Å²) in [6.07, 6.45) is 0.977. The van der Waals surface area contributed by atoms with Gasteiger partial charge >= 0.3 is 0 Å². The fourth-order valence-electron chi connectivity index (χ4n) is 0.943. The highest BCUT2D eigenvalue weighted by molar-refractivity contribution is 7.90. The van der Waals surface area contributed by atoms with Crippen molar-refractivity contribution in [2.24, 2.45) is 0 Å². The van der Waals surface area contributed by atoms with E-state index in [0.29, 0.717) is 5.69 Å². The molecule has 1 aromatic rings. The van der Waals surface area contributed by atoms with E-state index in [4.69, 9.17) is 0 Å². The Morgan fingerprint density at radius 2 is 2.00 bits per heavy atom. The van der Waals surface area contributed by atoms with Crippen LogP contribution in [0.4, 0.5) is 10.1 Å². The highest BCUT2D eigenvalue weighted by Gasteiger charge is 2.13. The molecule has 0 spiro atoms. The van der Waals surface area contributed by atoms with Crippen LogP contribution in [0.15, 0.2) is 23.1 Å². The summed E-state index contributed by atoms with van der Waals surface area (Å²) in [5.41, 5.74) is 0.571. The molecule has 0 bridgehead atoms. The summed E-state index contributed by atoms with van der Waals surface area (Å²) in [6, 6.07) is 3.87. The number of rotatable bonds is 2. The second-order valence-electron chi connectivity index (χ2n) is 2.67. The predicted molar refractivity (Wildman–Crippen MR) is 49.1 cm³/mol. The zero-order valence-corrected chi connectivity index (χ0v) is 8.15. The van der Waals surface area contributed by atoms with E-state index in [1.54, 1.807) is 7.05 Å². The zero-order valence-electron chi connectivity index (χ0n) is 7.33. The Kier molecular flexibility index (Phi) is 2.56. The quantitative estimate of drug-likeness (QED) is 0.787. The van der Waals surface area contributed by atoms with E-state index in [2.05, 4.69) is 5.32 Å². The van der Waals surface area contributed by atoms with Crippen molar-refractivity contribution in [2.75, 3.05) is 18.6 Å². The van der Waals surface area contributed by atoms with E-state index in [1.165, 1.54) is 12.1 Å². The number of halogens is 1. The molecule has 0 saturated heterocycles. The van der Waals surface area contributed by atoms with Gasteiger partial charge in [0.15, 0.2) is 9.84 Å². The first-order valence-corrected chi connectivity index (χ1v) is 5.51. The summed E-state index contributed by atoms with van der Waals surface area (Å²) < 4.78 is 35.1. The first-order valence-electron chi connectivity index (χ1n) is 3.62. The minimum Gasteiger partial charge on any atom is -0.388 e. The van der Waals surface area contributed by atoms with Gasteiger partial charge in [0.2, 0.25) is 0 Å². The Bertz CT molecular complexity index is 414. The molecule has 0 unspecified atom stereocenters. The van der Waals surface area contributed by atoms with Crippen LogP contribution < -0.4 is 5.32 Å². The zero-order chi connectivity index (χ0) is 10.1. The van der Waals surface area contributed by atoms with Crippen molar-refractivity contribution < 1.29 is 12.8 Å². The Balaban J connectivity index is 3.36. The summed E-state index contributed by atoms with van der Waals surface area (Å²) >= 11 is 0. The smallest absolute Gasteiger partial charge is 0.178 e. The molecule has 0 aromatic heterocycles. The molecular formula is C8H10FNO2S. The SMILES string of the molecule is CNc1ccc(F)c(S(C)(=O)=O)c1. The lowest BCUT2D eigenvalue weighted by atomic mass is 10.3. The van der Waals surface area contributed by atoms with Gasteiger partial charge in [-0.15, -0.1) is 0 Å². The normalized spacial score (nSPS) is 11.3. The topological polar surface area (TPSA) is 46.2 Å². The van der Waals surface area contributed by atoms with Crippen molar-refractivity contribution >= 4 is 15.5 Å². The minimum atomic E-state index is -3.48. The van der Waals surface area contributed by atoms with Gasteiger partial charge in [0.05, 0.1) is 0 Å². The third kappa shape index (κ3) is 2.18. The van der Waals surface area contributed by atoms with Crippen molar-refractivity contribution in [3.8, 4) is 0 Å². The highest BCUT2D eigenvalue weighted by Crippen LogP contribution is 2.18. The molecule has 1 aromatic carbocycles. The molecule has 0 fully saturated rings. The van der Waals surface area contributed by atoms with Gasteiger partial charge in [-0.25, -0.2) is 12.8 Å². The lowest BCUT2D eigenvalue weighted by Gasteiger charge is -2.03. The lowest BCUT2D eigenvalue weighted by Crippen LogP contribution is -2.01. The largest absolute Gasteiger partial charge is 0.388 e. The van der Waals surface area contributed by atoms with E-state index in [1.807, 2.05) is 0 Å². The Morgan fingerprint density at radius 1 is 1.38 bits per heavy atom. The average Bonchev–Trinajstić information content (AvgIpc) is 2.03. The fourth-order valence-corrected chi connectivity index (χ4v) is 1.71. The highest BCUT2D eigenvalue weighted by atomic mass is 32.2. The standard InChI is InChI=1S/C8H10FNO2S/c1-10-6-3-4-7(9)8(5-6)13(2,11)12/h3-5,10H,1-2H3. The second kappa shape index (κ2) is 3.33. The average molecular weight is 203 g/mol. The molecule has 0 aliphatic rings. The molecule has 0 atom stereocenters. The van der Waals surface area contributed by atoms with Crippen LogP contribution in [0, 0.1) is 5.82 Å². The third-order valence-corrected chi connectivity index (χ3v) is 2.73. The van der Waals surface area contributed by atoms with E-state index in [0.717, 1.165) is 12.3 Å². The number of anilines is 1. The molecule has 3 nitrogen and oxygen atoms in total. The number of sulfone groups is 1. The van der Waals surface area contributed by atoms with E-state index < -0.39 is 15.7 Å². The maximum Gasteiger partial charge on any atom is 0.178 e. The minimum absolute atomic E-state index is 0.278.